The summed E-state index contributed by atoms with van der Waals surface area (Å²) < 4.78 is 0.562. The highest BCUT2D eigenvalue weighted by Gasteiger charge is 2.10. The van der Waals surface area contributed by atoms with Gasteiger partial charge in [0.1, 0.15) is 11.6 Å². The third-order valence-electron chi connectivity index (χ3n) is 2.01. The van der Waals surface area contributed by atoms with Crippen LogP contribution in [0.15, 0.2) is 28.7 Å². The van der Waals surface area contributed by atoms with E-state index < -0.39 is 0 Å². The molecule has 0 aliphatic carbocycles. The molecular weight excluding hydrogens is 272 g/mol. The first-order valence-electron chi connectivity index (χ1n) is 4.46. The molecule has 0 fully saturated rings. The third-order valence-corrected chi connectivity index (χ3v) is 2.80. The molecule has 1 heterocycles. The number of nitrogens with zero attached hydrogens (tertiary/aromatic N) is 2. The molecule has 0 aliphatic heterocycles. The Labute approximate surface area is 100 Å². The first kappa shape index (κ1) is 10.7. The molecule has 82 valence electrons. The van der Waals surface area contributed by atoms with Crippen LogP contribution in [-0.2, 0) is 0 Å². The number of benzene rings is 1. The standard InChI is InChI=1S/C10H9BrN4O/c11-7-8(14-10(13)15-9(7)12)5-2-1-3-6(16)4-5/h1-4,16H,(H4,12,13,14,15). The van der Waals surface area contributed by atoms with Crippen molar-refractivity contribution in [3.63, 3.8) is 0 Å². The molecule has 0 bridgehead atoms. The smallest absolute Gasteiger partial charge is 0.222 e. The van der Waals surface area contributed by atoms with Crippen molar-refractivity contribution in [1.82, 2.24) is 9.97 Å². The lowest BCUT2D eigenvalue weighted by molar-refractivity contribution is 0.475. The van der Waals surface area contributed by atoms with E-state index in [1.54, 1.807) is 24.3 Å². The zero-order valence-corrected chi connectivity index (χ0v) is 9.77. The van der Waals surface area contributed by atoms with Crippen molar-refractivity contribution < 1.29 is 5.11 Å². The van der Waals surface area contributed by atoms with E-state index in [0.717, 1.165) is 0 Å². The minimum absolute atomic E-state index is 0.0963. The van der Waals surface area contributed by atoms with Gasteiger partial charge in [-0.15, -0.1) is 0 Å². The van der Waals surface area contributed by atoms with Gasteiger partial charge in [-0.05, 0) is 28.1 Å². The van der Waals surface area contributed by atoms with Crippen LogP contribution in [0.2, 0.25) is 0 Å². The second-order valence-electron chi connectivity index (χ2n) is 3.18. The number of phenolic OH excluding ortho intramolecular Hbond substituents is 1. The summed E-state index contributed by atoms with van der Waals surface area (Å²) in [7, 11) is 0. The van der Waals surface area contributed by atoms with Crippen LogP contribution in [0.25, 0.3) is 11.3 Å². The fourth-order valence-electron chi connectivity index (χ4n) is 1.33. The molecule has 0 amide bonds. The van der Waals surface area contributed by atoms with Crippen molar-refractivity contribution in [1.29, 1.82) is 0 Å². The van der Waals surface area contributed by atoms with Crippen LogP contribution in [0.1, 0.15) is 0 Å². The number of phenols is 1. The normalized spacial score (nSPS) is 10.3. The van der Waals surface area contributed by atoms with E-state index in [4.69, 9.17) is 11.5 Å². The first-order chi connectivity index (χ1) is 7.58. The molecule has 2 rings (SSSR count). The summed E-state index contributed by atoms with van der Waals surface area (Å²) in [5.41, 5.74) is 12.4. The van der Waals surface area contributed by atoms with Crippen molar-refractivity contribution in [2.45, 2.75) is 0 Å². The molecule has 1 aromatic carbocycles. The molecule has 0 aliphatic rings. The number of nitrogens with two attached hydrogens (primary N) is 2. The van der Waals surface area contributed by atoms with Gasteiger partial charge in [-0.1, -0.05) is 12.1 Å². The van der Waals surface area contributed by atoms with Crippen LogP contribution >= 0.6 is 15.9 Å². The molecule has 5 N–H and O–H groups in total. The fourth-order valence-corrected chi connectivity index (χ4v) is 1.73. The maximum Gasteiger partial charge on any atom is 0.222 e. The zero-order valence-electron chi connectivity index (χ0n) is 8.18. The number of anilines is 2. The molecule has 5 nitrogen and oxygen atoms in total. The largest absolute Gasteiger partial charge is 0.508 e. The summed E-state index contributed by atoms with van der Waals surface area (Å²) in [4.78, 5) is 7.89. The Balaban J connectivity index is 2.64. The highest BCUT2D eigenvalue weighted by molar-refractivity contribution is 9.10. The summed E-state index contributed by atoms with van der Waals surface area (Å²) in [6.07, 6.45) is 0. The fraction of sp³-hybridized carbons (Fsp3) is 0. The molecule has 0 saturated carbocycles. The maximum absolute atomic E-state index is 9.38. The summed E-state index contributed by atoms with van der Waals surface area (Å²) in [5.74, 6) is 0.519. The van der Waals surface area contributed by atoms with Crippen LogP contribution in [0.5, 0.6) is 5.75 Å². The number of halogens is 1. The highest BCUT2D eigenvalue weighted by atomic mass is 79.9. The van der Waals surface area contributed by atoms with Crippen molar-refractivity contribution >= 4 is 27.7 Å². The van der Waals surface area contributed by atoms with Crippen LogP contribution < -0.4 is 11.5 Å². The average molecular weight is 281 g/mol. The number of aromatic nitrogens is 2. The molecule has 0 radical (unpaired) electrons. The Morgan fingerprint density at radius 1 is 1.19 bits per heavy atom. The van der Waals surface area contributed by atoms with Gasteiger partial charge in [0.15, 0.2) is 0 Å². The number of hydrogen-bond donors (Lipinski definition) is 3. The second kappa shape index (κ2) is 3.97. The molecule has 0 atom stereocenters. The molecule has 16 heavy (non-hydrogen) atoms. The lowest BCUT2D eigenvalue weighted by Crippen LogP contribution is -2.02. The third kappa shape index (κ3) is 1.92. The number of nitrogen functional groups attached to an aromatic ring is 2. The lowest BCUT2D eigenvalue weighted by atomic mass is 10.1. The Morgan fingerprint density at radius 3 is 2.62 bits per heavy atom. The van der Waals surface area contributed by atoms with E-state index >= 15 is 0 Å². The van der Waals surface area contributed by atoms with Crippen LogP contribution in [0.4, 0.5) is 11.8 Å². The van der Waals surface area contributed by atoms with Gasteiger partial charge in [0, 0.05) is 5.56 Å². The Bertz CT molecular complexity index is 544. The number of rotatable bonds is 1. The van der Waals surface area contributed by atoms with Crippen LogP contribution in [0, 0.1) is 0 Å². The molecule has 2 aromatic rings. The quantitative estimate of drug-likeness (QED) is 0.740. The molecule has 0 saturated heterocycles. The van der Waals surface area contributed by atoms with E-state index in [1.165, 1.54) is 0 Å². The topological polar surface area (TPSA) is 98.0 Å². The SMILES string of the molecule is Nc1nc(N)c(Br)c(-c2cccc(O)c2)n1. The van der Waals surface area contributed by atoms with Gasteiger partial charge in [-0.25, -0.2) is 4.98 Å². The minimum atomic E-state index is 0.0963. The maximum atomic E-state index is 9.38. The predicted octanol–water partition coefficient (Wildman–Crippen LogP) is 1.78. The number of aromatic hydroxyl groups is 1. The summed E-state index contributed by atoms with van der Waals surface area (Å²) in [6, 6.07) is 6.66. The highest BCUT2D eigenvalue weighted by Crippen LogP contribution is 2.31. The van der Waals surface area contributed by atoms with Gasteiger partial charge in [-0.3, -0.25) is 0 Å². The summed E-state index contributed by atoms with van der Waals surface area (Å²) in [5, 5.41) is 9.38. The molecular formula is C10H9BrN4O. The van der Waals surface area contributed by atoms with E-state index in [-0.39, 0.29) is 17.5 Å². The van der Waals surface area contributed by atoms with Gasteiger partial charge >= 0.3 is 0 Å². The van der Waals surface area contributed by atoms with Crippen LogP contribution in [0.3, 0.4) is 0 Å². The minimum Gasteiger partial charge on any atom is -0.508 e. The molecule has 0 spiro atoms. The second-order valence-corrected chi connectivity index (χ2v) is 3.97. The predicted molar refractivity (Wildman–Crippen MR) is 65.7 cm³/mol. The van der Waals surface area contributed by atoms with Crippen molar-refractivity contribution in [2.75, 3.05) is 11.5 Å². The van der Waals surface area contributed by atoms with Gasteiger partial charge in [0.25, 0.3) is 0 Å². The summed E-state index contributed by atoms with van der Waals surface area (Å²) >= 11 is 3.29. The first-order valence-corrected chi connectivity index (χ1v) is 5.25. The van der Waals surface area contributed by atoms with Crippen molar-refractivity contribution in [2.24, 2.45) is 0 Å². The van der Waals surface area contributed by atoms with E-state index in [9.17, 15) is 5.11 Å². The van der Waals surface area contributed by atoms with Gasteiger partial charge in [0.2, 0.25) is 5.95 Å². The van der Waals surface area contributed by atoms with E-state index in [1.807, 2.05) is 0 Å². The molecule has 6 heteroatoms. The Kier molecular flexibility index (Phi) is 2.66. The Morgan fingerprint density at radius 2 is 1.94 bits per heavy atom. The summed E-state index contributed by atoms with van der Waals surface area (Å²) in [6.45, 7) is 0. The van der Waals surface area contributed by atoms with E-state index in [2.05, 4.69) is 25.9 Å². The van der Waals surface area contributed by atoms with Gasteiger partial charge in [-0.2, -0.15) is 4.98 Å². The lowest BCUT2D eigenvalue weighted by Gasteiger charge is -2.07. The zero-order chi connectivity index (χ0) is 11.7. The monoisotopic (exact) mass is 280 g/mol. The Hall–Kier alpha value is -1.82. The molecule has 0 unspecified atom stereocenters. The van der Waals surface area contributed by atoms with Gasteiger partial charge < -0.3 is 16.6 Å². The van der Waals surface area contributed by atoms with Crippen LogP contribution in [-0.4, -0.2) is 15.1 Å². The van der Waals surface area contributed by atoms with Crippen molar-refractivity contribution in [3.05, 3.63) is 28.7 Å². The average Bonchev–Trinajstić information content (AvgIpc) is 2.23. The van der Waals surface area contributed by atoms with Gasteiger partial charge in [0.05, 0.1) is 10.2 Å². The van der Waals surface area contributed by atoms with Crippen molar-refractivity contribution in [3.8, 4) is 17.0 Å². The molecule has 1 aromatic heterocycles. The van der Waals surface area contributed by atoms with E-state index in [0.29, 0.717) is 15.7 Å². The number of hydrogen-bond acceptors (Lipinski definition) is 5.